The monoisotopic (exact) mass is 276 g/mol. The second-order valence-electron chi connectivity index (χ2n) is 4.76. The molecule has 2 rings (SSSR count). The van der Waals surface area contributed by atoms with Crippen LogP contribution in [-0.2, 0) is 13.2 Å². The lowest BCUT2D eigenvalue weighted by atomic mass is 10.2. The minimum Gasteiger partial charge on any atom is -0.482 e. The normalized spacial score (nSPS) is 11.0. The molecule has 1 N–H and O–H groups in total. The first-order valence-electron chi connectivity index (χ1n) is 6.80. The van der Waals surface area contributed by atoms with Gasteiger partial charge >= 0.3 is 0 Å². The van der Waals surface area contributed by atoms with Crippen LogP contribution in [0.1, 0.15) is 44.1 Å². The molecule has 0 fully saturated rings. The van der Waals surface area contributed by atoms with E-state index in [0.29, 0.717) is 17.5 Å². The molecule has 0 aliphatic carbocycles. The van der Waals surface area contributed by atoms with Crippen LogP contribution >= 0.6 is 0 Å². The standard InChI is InChI=1S/C14H20N4O2/c1-4-15-7-11-5-6-12(8-16-11)19-9-13-17-14(10(2)3)18-20-13/h5-6,8,10,15H,4,7,9H2,1-3H3. The Kier molecular flexibility index (Phi) is 5.06. The first-order valence-corrected chi connectivity index (χ1v) is 6.80. The van der Waals surface area contributed by atoms with Crippen LogP contribution in [0.5, 0.6) is 5.75 Å². The van der Waals surface area contributed by atoms with Crippen LogP contribution in [0.3, 0.4) is 0 Å². The molecular formula is C14H20N4O2. The summed E-state index contributed by atoms with van der Waals surface area (Å²) in [5.41, 5.74) is 0.985. The Hall–Kier alpha value is -1.95. The van der Waals surface area contributed by atoms with Crippen LogP contribution < -0.4 is 10.1 Å². The lowest BCUT2D eigenvalue weighted by Crippen LogP contribution is -2.12. The van der Waals surface area contributed by atoms with Gasteiger partial charge in [0.25, 0.3) is 5.89 Å². The van der Waals surface area contributed by atoms with E-state index in [1.807, 2.05) is 26.0 Å². The molecular weight excluding hydrogens is 256 g/mol. The van der Waals surface area contributed by atoms with Crippen LogP contribution in [-0.4, -0.2) is 21.7 Å². The van der Waals surface area contributed by atoms with Gasteiger partial charge in [0.05, 0.1) is 11.9 Å². The van der Waals surface area contributed by atoms with Gasteiger partial charge in [0.2, 0.25) is 0 Å². The van der Waals surface area contributed by atoms with Gasteiger partial charge in [-0.15, -0.1) is 0 Å². The van der Waals surface area contributed by atoms with E-state index in [0.717, 1.165) is 18.8 Å². The summed E-state index contributed by atoms with van der Waals surface area (Å²) >= 11 is 0. The molecule has 0 saturated carbocycles. The molecule has 0 radical (unpaired) electrons. The summed E-state index contributed by atoms with van der Waals surface area (Å²) in [4.78, 5) is 8.56. The fourth-order valence-electron chi connectivity index (χ4n) is 1.56. The molecule has 2 aromatic heterocycles. The van der Waals surface area contributed by atoms with Gasteiger partial charge in [-0.25, -0.2) is 0 Å². The number of hydrogen-bond acceptors (Lipinski definition) is 6. The Morgan fingerprint density at radius 3 is 2.80 bits per heavy atom. The van der Waals surface area contributed by atoms with Gasteiger partial charge in [-0.05, 0) is 18.7 Å². The molecule has 0 unspecified atom stereocenters. The van der Waals surface area contributed by atoms with E-state index in [1.54, 1.807) is 6.20 Å². The molecule has 20 heavy (non-hydrogen) atoms. The van der Waals surface area contributed by atoms with E-state index < -0.39 is 0 Å². The van der Waals surface area contributed by atoms with Crippen molar-refractivity contribution in [3.8, 4) is 5.75 Å². The topological polar surface area (TPSA) is 73.1 Å². The predicted octanol–water partition coefficient (Wildman–Crippen LogP) is 2.28. The van der Waals surface area contributed by atoms with Crippen molar-refractivity contribution in [2.24, 2.45) is 0 Å². The molecule has 0 spiro atoms. The average Bonchev–Trinajstić information content (AvgIpc) is 2.93. The fourth-order valence-corrected chi connectivity index (χ4v) is 1.56. The summed E-state index contributed by atoms with van der Waals surface area (Å²) < 4.78 is 10.7. The molecule has 6 heteroatoms. The zero-order valence-electron chi connectivity index (χ0n) is 12.1. The van der Waals surface area contributed by atoms with Crippen molar-refractivity contribution in [2.75, 3.05) is 6.54 Å². The van der Waals surface area contributed by atoms with Crippen LogP contribution in [0.4, 0.5) is 0 Å². The maximum absolute atomic E-state index is 5.57. The second kappa shape index (κ2) is 7.00. The van der Waals surface area contributed by atoms with E-state index >= 15 is 0 Å². The van der Waals surface area contributed by atoms with Crippen LogP contribution in [0.25, 0.3) is 0 Å². The Balaban J connectivity index is 1.86. The third kappa shape index (κ3) is 4.03. The minimum absolute atomic E-state index is 0.250. The SMILES string of the molecule is CCNCc1ccc(OCc2nc(C(C)C)no2)cn1. The number of nitrogens with one attached hydrogen (secondary N) is 1. The summed E-state index contributed by atoms with van der Waals surface area (Å²) in [5.74, 6) is 2.11. The molecule has 6 nitrogen and oxygen atoms in total. The molecule has 2 heterocycles. The summed E-state index contributed by atoms with van der Waals surface area (Å²) in [5, 5.41) is 7.10. The molecule has 0 aliphatic rings. The molecule has 0 bridgehead atoms. The highest BCUT2D eigenvalue weighted by Gasteiger charge is 2.10. The largest absolute Gasteiger partial charge is 0.482 e. The molecule has 0 saturated heterocycles. The Bertz CT molecular complexity index is 522. The van der Waals surface area contributed by atoms with Gasteiger partial charge in [0.15, 0.2) is 12.4 Å². The van der Waals surface area contributed by atoms with Gasteiger partial charge in [-0.1, -0.05) is 25.9 Å². The number of aromatic nitrogens is 3. The maximum Gasteiger partial charge on any atom is 0.264 e. The minimum atomic E-state index is 0.250. The number of ether oxygens (including phenoxy) is 1. The zero-order chi connectivity index (χ0) is 14.4. The predicted molar refractivity (Wildman–Crippen MR) is 74.3 cm³/mol. The highest BCUT2D eigenvalue weighted by molar-refractivity contribution is 5.19. The van der Waals surface area contributed by atoms with Crippen molar-refractivity contribution in [3.05, 3.63) is 35.7 Å². The number of pyridine rings is 1. The van der Waals surface area contributed by atoms with Crippen molar-refractivity contribution in [1.82, 2.24) is 20.4 Å². The quantitative estimate of drug-likeness (QED) is 0.836. The fraction of sp³-hybridized carbons (Fsp3) is 0.500. The van der Waals surface area contributed by atoms with Crippen LogP contribution in [0, 0.1) is 0 Å². The third-order valence-electron chi connectivity index (χ3n) is 2.72. The van der Waals surface area contributed by atoms with Crippen molar-refractivity contribution in [2.45, 2.75) is 39.8 Å². The number of nitrogens with zero attached hydrogens (tertiary/aromatic N) is 3. The van der Waals surface area contributed by atoms with Gasteiger partial charge in [0, 0.05) is 12.5 Å². The number of hydrogen-bond donors (Lipinski definition) is 1. The molecule has 2 aromatic rings. The van der Waals surface area contributed by atoms with E-state index in [-0.39, 0.29) is 12.5 Å². The lowest BCUT2D eigenvalue weighted by Gasteiger charge is -2.04. The van der Waals surface area contributed by atoms with Gasteiger partial charge in [-0.3, -0.25) is 4.98 Å². The Morgan fingerprint density at radius 2 is 2.20 bits per heavy atom. The van der Waals surface area contributed by atoms with Crippen molar-refractivity contribution >= 4 is 0 Å². The van der Waals surface area contributed by atoms with Crippen molar-refractivity contribution in [3.63, 3.8) is 0 Å². The molecule has 0 amide bonds. The second-order valence-corrected chi connectivity index (χ2v) is 4.76. The van der Waals surface area contributed by atoms with Gasteiger partial charge in [-0.2, -0.15) is 4.98 Å². The lowest BCUT2D eigenvalue weighted by molar-refractivity contribution is 0.241. The van der Waals surface area contributed by atoms with Crippen LogP contribution in [0.2, 0.25) is 0 Å². The van der Waals surface area contributed by atoms with Gasteiger partial charge in [0.1, 0.15) is 5.75 Å². The average molecular weight is 276 g/mol. The summed E-state index contributed by atoms with van der Waals surface area (Å²) in [6.07, 6.45) is 1.70. The smallest absolute Gasteiger partial charge is 0.264 e. The van der Waals surface area contributed by atoms with E-state index in [9.17, 15) is 0 Å². The van der Waals surface area contributed by atoms with E-state index in [4.69, 9.17) is 9.26 Å². The molecule has 0 atom stereocenters. The third-order valence-corrected chi connectivity index (χ3v) is 2.72. The summed E-state index contributed by atoms with van der Waals surface area (Å²) in [6, 6.07) is 3.82. The van der Waals surface area contributed by atoms with Crippen LogP contribution in [0.15, 0.2) is 22.9 Å². The zero-order valence-corrected chi connectivity index (χ0v) is 12.1. The Morgan fingerprint density at radius 1 is 1.35 bits per heavy atom. The first-order chi connectivity index (χ1) is 9.69. The Labute approximate surface area is 118 Å². The van der Waals surface area contributed by atoms with Gasteiger partial charge < -0.3 is 14.6 Å². The first kappa shape index (κ1) is 14.5. The summed E-state index contributed by atoms with van der Waals surface area (Å²) in [6.45, 7) is 8.04. The van der Waals surface area contributed by atoms with E-state index in [2.05, 4.69) is 27.4 Å². The highest BCUT2D eigenvalue weighted by atomic mass is 16.5. The molecule has 0 aliphatic heterocycles. The number of rotatable bonds is 7. The van der Waals surface area contributed by atoms with Crippen molar-refractivity contribution in [1.29, 1.82) is 0 Å². The summed E-state index contributed by atoms with van der Waals surface area (Å²) in [7, 11) is 0. The van der Waals surface area contributed by atoms with E-state index in [1.165, 1.54) is 0 Å². The van der Waals surface area contributed by atoms with Crippen molar-refractivity contribution < 1.29 is 9.26 Å². The molecule has 108 valence electrons. The molecule has 0 aromatic carbocycles. The highest BCUT2D eigenvalue weighted by Crippen LogP contribution is 2.13. The maximum atomic E-state index is 5.57.